The Morgan fingerprint density at radius 1 is 0.233 bits per heavy atom. The molecule has 0 atom stereocenters. The number of hydrogen-bond acceptors (Lipinski definition) is 16. The molecule has 504 valence electrons. The quantitative estimate of drug-likeness (QED) is 0.106. The van der Waals surface area contributed by atoms with Crippen molar-refractivity contribution in [2.45, 2.75) is 323 Å². The van der Waals surface area contributed by atoms with Crippen molar-refractivity contribution in [3.05, 3.63) is 0 Å². The van der Waals surface area contributed by atoms with Crippen LogP contribution in [0.5, 0.6) is 0 Å². The first-order valence-electron chi connectivity index (χ1n) is 32.7. The summed E-state index contributed by atoms with van der Waals surface area (Å²) >= 11 is 0. The Kier molecular flexibility index (Phi) is 30.4. The Labute approximate surface area is 621 Å². The molecule has 0 aromatic rings. The first kappa shape index (κ1) is 90.3. The number of carboxylic acids is 4. The molecule has 0 unspecified atom stereocenters. The predicted molar refractivity (Wildman–Crippen MR) is 372 cm³/mol. The van der Waals surface area contributed by atoms with Crippen LogP contribution in [0, 0.1) is 65.0 Å². The van der Waals surface area contributed by atoms with E-state index >= 15 is 0 Å². The van der Waals surface area contributed by atoms with Crippen molar-refractivity contribution in [3.8, 4) is 0 Å². The summed E-state index contributed by atoms with van der Waals surface area (Å²) in [6.07, 6.45) is 6.98. The van der Waals surface area contributed by atoms with Gasteiger partial charge in [-0.05, 0) is 51.4 Å². The SMILES string of the molecule is CCC(C)(C)C1=NC(C(=O)[O-])(C(C)(C)C)N=C1C(C)(C)CC.CCC(C)(C)C1=NC(C(=O)[O-])(C(C)(C)C)N=C1C(C)(C)CC.CCC(C)(C)C1=NC(C(=O)[O-])(C(C)(C)C)N=C1C(C)(C)CC.CCC(C)(C)C1=NC(C(=O)[O-])(C(C)(C)C)N=C1C(C)(C)CC.[Sr+2].[Sr+2]. The van der Waals surface area contributed by atoms with E-state index in [-0.39, 0.29) is 134 Å². The number of carbonyl (C=O) groups is 4. The molecule has 0 saturated carbocycles. The van der Waals surface area contributed by atoms with E-state index in [0.717, 1.165) is 97.1 Å². The number of aliphatic carboxylic acids is 4. The third kappa shape index (κ3) is 18.0. The molecule has 16 nitrogen and oxygen atoms in total. The van der Waals surface area contributed by atoms with Gasteiger partial charge in [0.2, 0.25) is 0 Å². The van der Waals surface area contributed by atoms with Gasteiger partial charge in [0.15, 0.2) is 22.7 Å². The van der Waals surface area contributed by atoms with Crippen LogP contribution in [0.2, 0.25) is 0 Å². The zero-order valence-corrected chi connectivity index (χ0v) is 70.9. The Balaban J connectivity index is 0. The summed E-state index contributed by atoms with van der Waals surface area (Å²) in [4.78, 5) is 85.3. The maximum absolute atomic E-state index is 12.0. The van der Waals surface area contributed by atoms with Gasteiger partial charge >= 0.3 is 91.0 Å². The molecule has 0 aromatic heterocycles. The van der Waals surface area contributed by atoms with Crippen LogP contribution in [-0.2, 0) is 19.2 Å². The number of nitrogens with zero attached hydrogens (tertiary/aromatic N) is 8. The van der Waals surface area contributed by atoms with Gasteiger partial charge in [0, 0.05) is 65.0 Å². The molecule has 4 heterocycles. The van der Waals surface area contributed by atoms with Crippen LogP contribution in [0.1, 0.15) is 301 Å². The zero-order chi connectivity index (χ0) is 70.2. The third-order valence-corrected chi connectivity index (χ3v) is 20.6. The fourth-order valence-corrected chi connectivity index (χ4v) is 9.86. The van der Waals surface area contributed by atoms with Crippen molar-refractivity contribution in [2.75, 3.05) is 0 Å². The number of hydrogen-bond donors (Lipinski definition) is 0. The summed E-state index contributed by atoms with van der Waals surface area (Å²) in [5.74, 6) is -4.87. The van der Waals surface area contributed by atoms with Crippen molar-refractivity contribution >= 4 is 161 Å². The summed E-state index contributed by atoms with van der Waals surface area (Å²) in [5, 5.41) is 47.9. The first-order valence-corrected chi connectivity index (χ1v) is 32.7. The molecular formula is C72H124N8O8Sr2. The van der Waals surface area contributed by atoms with Crippen molar-refractivity contribution in [3.63, 3.8) is 0 Å². The Hall–Kier alpha value is -1.80. The summed E-state index contributed by atoms with van der Waals surface area (Å²) in [7, 11) is 0. The summed E-state index contributed by atoms with van der Waals surface area (Å²) < 4.78 is 0. The van der Waals surface area contributed by atoms with Gasteiger partial charge in [-0.15, -0.1) is 0 Å². The molecule has 0 N–H and O–H groups in total. The normalized spacial score (nSPS) is 18.5. The second kappa shape index (κ2) is 30.3. The molecular weight excluding hydrogens is 1280 g/mol. The van der Waals surface area contributed by atoms with Crippen molar-refractivity contribution in [1.29, 1.82) is 0 Å². The monoisotopic (exact) mass is 1400 g/mol. The fourth-order valence-electron chi connectivity index (χ4n) is 9.86. The van der Waals surface area contributed by atoms with Crippen molar-refractivity contribution < 1.29 is 39.6 Å². The average Bonchev–Trinajstić information content (AvgIpc) is 1.86. The Morgan fingerprint density at radius 2 is 0.311 bits per heavy atom. The van der Waals surface area contributed by atoms with Crippen molar-refractivity contribution in [1.82, 2.24) is 0 Å². The van der Waals surface area contributed by atoms with Crippen LogP contribution in [0.25, 0.3) is 0 Å². The van der Waals surface area contributed by atoms with E-state index in [4.69, 9.17) is 0 Å². The van der Waals surface area contributed by atoms with Gasteiger partial charge in [-0.25, -0.2) is 0 Å². The van der Waals surface area contributed by atoms with Gasteiger partial charge in [0.25, 0.3) is 0 Å². The van der Waals surface area contributed by atoms with Crippen LogP contribution in [0.4, 0.5) is 0 Å². The average molecular weight is 1410 g/mol. The third-order valence-electron chi connectivity index (χ3n) is 20.6. The molecule has 0 radical (unpaired) electrons. The zero-order valence-electron chi connectivity index (χ0n) is 63.9. The molecule has 0 bridgehead atoms. The van der Waals surface area contributed by atoms with Crippen LogP contribution < -0.4 is 20.4 Å². The minimum atomic E-state index is -1.53. The molecule has 90 heavy (non-hydrogen) atoms. The number of carbonyl (C=O) groups excluding carboxylic acids is 4. The minimum absolute atomic E-state index is 0. The van der Waals surface area contributed by atoms with Crippen molar-refractivity contribution in [2.24, 2.45) is 105 Å². The Morgan fingerprint density at radius 3 is 0.356 bits per heavy atom. The second-order valence-corrected chi connectivity index (χ2v) is 34.4. The maximum atomic E-state index is 12.0. The number of aliphatic imine (C=N–C) groups is 8. The number of carboxylic acid groups (broad SMARTS) is 4. The summed E-state index contributed by atoms with van der Waals surface area (Å²) in [5.41, 5.74) is -3.86. The molecule has 0 spiro atoms. The maximum Gasteiger partial charge on any atom is 2.00 e. The molecule has 0 saturated heterocycles. The molecule has 4 aliphatic heterocycles. The van der Waals surface area contributed by atoms with E-state index in [1.807, 2.05) is 83.1 Å². The van der Waals surface area contributed by atoms with Gasteiger partial charge in [0.05, 0.1) is 69.6 Å². The van der Waals surface area contributed by atoms with Crippen LogP contribution in [-0.4, -0.2) is 183 Å². The van der Waals surface area contributed by atoms with Gasteiger partial charge in [-0.2, -0.15) is 0 Å². The molecule has 0 aromatic carbocycles. The molecule has 18 heteroatoms. The van der Waals surface area contributed by atoms with Crippen LogP contribution in [0.3, 0.4) is 0 Å². The van der Waals surface area contributed by atoms with E-state index in [9.17, 15) is 39.6 Å². The van der Waals surface area contributed by atoms with E-state index < -0.39 is 68.2 Å². The van der Waals surface area contributed by atoms with Crippen LogP contribution in [0.15, 0.2) is 39.9 Å². The van der Waals surface area contributed by atoms with Gasteiger partial charge < -0.3 is 39.6 Å². The standard InChI is InChI=1S/4C18H32N2O2.2Sr/c4*1-10-16(6,7)12-13(17(8,9)11-2)20-18(19-12,14(21)22)15(3,4)5;;/h4*10-11H2,1-9H3,(H,21,22);;/q;;;;2*+2/p-4. The van der Waals surface area contributed by atoms with Gasteiger partial charge in [-0.1, -0.05) is 249 Å². The smallest absolute Gasteiger partial charge is 0.545 e. The van der Waals surface area contributed by atoms with Gasteiger partial charge in [-0.3, -0.25) is 39.9 Å². The van der Waals surface area contributed by atoms with E-state index in [1.165, 1.54) is 0 Å². The minimum Gasteiger partial charge on any atom is -0.545 e. The van der Waals surface area contributed by atoms with E-state index in [0.29, 0.717) is 0 Å². The second-order valence-electron chi connectivity index (χ2n) is 34.4. The van der Waals surface area contributed by atoms with Gasteiger partial charge in [0.1, 0.15) is 0 Å². The topological polar surface area (TPSA) is 259 Å². The molecule has 4 rings (SSSR count). The molecule has 0 fully saturated rings. The van der Waals surface area contributed by atoms with Crippen LogP contribution >= 0.6 is 0 Å². The molecule has 0 aliphatic carbocycles. The predicted octanol–water partition coefficient (Wildman–Crippen LogP) is 12.2. The van der Waals surface area contributed by atoms with E-state index in [1.54, 1.807) is 0 Å². The Bertz CT molecular complexity index is 2350. The van der Waals surface area contributed by atoms with E-state index in [2.05, 4.69) is 206 Å². The fraction of sp³-hybridized carbons (Fsp3) is 0.833. The first-order chi connectivity index (χ1) is 39.0. The summed E-state index contributed by atoms with van der Waals surface area (Å²) in [6.45, 7) is 72.6. The number of rotatable bonds is 20. The molecule has 0 amide bonds. The summed E-state index contributed by atoms with van der Waals surface area (Å²) in [6, 6.07) is 0. The molecule has 4 aliphatic rings. The largest absolute Gasteiger partial charge is 2.00 e.